The van der Waals surface area contributed by atoms with E-state index in [2.05, 4.69) is 21.9 Å². The molecule has 0 saturated heterocycles. The van der Waals surface area contributed by atoms with Crippen LogP contribution in [-0.2, 0) is 24.5 Å². The molecule has 1 aromatic rings. The molecule has 1 heterocycles. The van der Waals surface area contributed by atoms with Gasteiger partial charge >= 0.3 is 16.3 Å². The van der Waals surface area contributed by atoms with Crippen molar-refractivity contribution in [3.63, 3.8) is 0 Å². The fourth-order valence-corrected chi connectivity index (χ4v) is 5.34. The highest BCUT2D eigenvalue weighted by Crippen LogP contribution is 2.50. The molecule has 11 heteroatoms. The van der Waals surface area contributed by atoms with Crippen molar-refractivity contribution in [1.29, 1.82) is 0 Å². The fraction of sp³-hybridized carbons (Fsp3) is 0.692. The van der Waals surface area contributed by atoms with Crippen LogP contribution in [0.15, 0.2) is 0 Å². The zero-order valence-electron chi connectivity index (χ0n) is 23.9. The van der Waals surface area contributed by atoms with E-state index in [4.69, 9.17) is 9.47 Å². The Labute approximate surface area is 222 Å². The Balaban J connectivity index is 2.67. The smallest absolute Gasteiger partial charge is 0.422 e. The first-order valence-corrected chi connectivity index (χ1v) is 14.2. The lowest BCUT2D eigenvalue weighted by molar-refractivity contribution is -0.123. The van der Waals surface area contributed by atoms with Gasteiger partial charge in [-0.1, -0.05) is 27.7 Å². The second-order valence-corrected chi connectivity index (χ2v) is 13.0. The molecule has 2 rings (SSSR count). The summed E-state index contributed by atoms with van der Waals surface area (Å²) in [5.41, 5.74) is 2.57. The van der Waals surface area contributed by atoms with Crippen molar-refractivity contribution in [2.75, 3.05) is 41.7 Å². The number of hydrogen-bond donors (Lipinski definition) is 3. The molecule has 2 amide bonds. The Morgan fingerprint density at radius 3 is 2.19 bits per heavy atom. The van der Waals surface area contributed by atoms with Crippen LogP contribution < -0.4 is 19.7 Å². The third kappa shape index (κ3) is 7.73. The predicted molar refractivity (Wildman–Crippen MR) is 148 cm³/mol. The van der Waals surface area contributed by atoms with Crippen LogP contribution in [0.25, 0.3) is 0 Å². The van der Waals surface area contributed by atoms with Crippen molar-refractivity contribution in [3.05, 3.63) is 16.7 Å². The van der Waals surface area contributed by atoms with E-state index in [-0.39, 0.29) is 11.8 Å². The number of benzene rings is 1. The Morgan fingerprint density at radius 2 is 1.68 bits per heavy atom. The summed E-state index contributed by atoms with van der Waals surface area (Å²) >= 11 is 0. The van der Waals surface area contributed by atoms with Gasteiger partial charge in [0.2, 0.25) is 5.91 Å². The number of nitrogens with zero attached hydrogens (tertiary/aromatic N) is 1. The highest BCUT2D eigenvalue weighted by Gasteiger charge is 2.37. The standard InChI is InChI=1S/C26H44N4O6S/c1-11-13-30-15-18(12-14-35-10)19-16(2)20(28-37(33,34)29-24(32)36-26(7,8)9)17(3)21(22(19)30)27-23(31)25(4,5)6/h18,28H,11-15H2,1-10H3,(H,27,31)(H,29,32). The van der Waals surface area contributed by atoms with Crippen molar-refractivity contribution in [2.24, 2.45) is 5.41 Å². The Bertz CT molecular complexity index is 1120. The van der Waals surface area contributed by atoms with Crippen LogP contribution in [-0.4, -0.2) is 52.8 Å². The summed E-state index contributed by atoms with van der Waals surface area (Å²) in [5, 5.41) is 3.08. The summed E-state index contributed by atoms with van der Waals surface area (Å²) in [7, 11) is -2.67. The Morgan fingerprint density at radius 1 is 1.05 bits per heavy atom. The maximum Gasteiger partial charge on any atom is 0.422 e. The SMILES string of the molecule is CCCN1CC(CCOC)c2c(C)c(NS(=O)(=O)NC(=O)OC(C)(C)C)c(C)c(NC(=O)C(C)(C)C)c21. The molecule has 0 saturated carbocycles. The van der Waals surface area contributed by atoms with Gasteiger partial charge in [0.1, 0.15) is 5.60 Å². The van der Waals surface area contributed by atoms with E-state index in [9.17, 15) is 18.0 Å². The minimum Gasteiger partial charge on any atom is -0.443 e. The van der Waals surface area contributed by atoms with E-state index >= 15 is 0 Å². The molecule has 0 bridgehead atoms. The lowest BCUT2D eigenvalue weighted by Crippen LogP contribution is -2.39. The summed E-state index contributed by atoms with van der Waals surface area (Å²) in [6, 6.07) is 0. The quantitative estimate of drug-likeness (QED) is 0.410. The molecule has 0 aliphatic carbocycles. The van der Waals surface area contributed by atoms with Crippen molar-refractivity contribution in [1.82, 2.24) is 4.72 Å². The third-order valence-corrected chi connectivity index (χ3v) is 7.03. The minimum absolute atomic E-state index is 0.0782. The van der Waals surface area contributed by atoms with Crippen LogP contribution in [0.3, 0.4) is 0 Å². The maximum absolute atomic E-state index is 13.1. The van der Waals surface area contributed by atoms with Gasteiger partial charge in [-0.3, -0.25) is 9.52 Å². The Hall–Kier alpha value is -2.53. The summed E-state index contributed by atoms with van der Waals surface area (Å²) < 4.78 is 40.9. The summed E-state index contributed by atoms with van der Waals surface area (Å²) in [4.78, 5) is 27.6. The van der Waals surface area contributed by atoms with Gasteiger partial charge in [-0.25, -0.2) is 9.52 Å². The normalized spacial score (nSPS) is 15.8. The van der Waals surface area contributed by atoms with Gasteiger partial charge in [0.15, 0.2) is 0 Å². The highest BCUT2D eigenvalue weighted by atomic mass is 32.2. The number of rotatable bonds is 9. The highest BCUT2D eigenvalue weighted by molar-refractivity contribution is 7.91. The molecular weight excluding hydrogens is 496 g/mol. The number of amides is 2. The number of hydrogen-bond acceptors (Lipinski definition) is 7. The number of nitrogens with one attached hydrogen (secondary N) is 3. The maximum atomic E-state index is 13.1. The molecular formula is C26H44N4O6S. The van der Waals surface area contributed by atoms with Gasteiger partial charge in [-0.05, 0) is 64.2 Å². The molecule has 3 N–H and O–H groups in total. The van der Waals surface area contributed by atoms with Gasteiger partial charge in [-0.2, -0.15) is 8.42 Å². The second kappa shape index (κ2) is 11.5. The second-order valence-electron chi connectivity index (χ2n) is 11.6. The largest absolute Gasteiger partial charge is 0.443 e. The molecule has 1 unspecified atom stereocenters. The van der Waals surface area contributed by atoms with Crippen molar-refractivity contribution in [2.45, 2.75) is 86.7 Å². The molecule has 1 aromatic carbocycles. The molecule has 1 atom stereocenters. The molecule has 10 nitrogen and oxygen atoms in total. The van der Waals surface area contributed by atoms with Gasteiger partial charge in [0, 0.05) is 38.1 Å². The number of fused-ring (bicyclic) bond motifs is 1. The molecule has 37 heavy (non-hydrogen) atoms. The van der Waals surface area contributed by atoms with Crippen LogP contribution >= 0.6 is 0 Å². The molecule has 1 aliphatic heterocycles. The van der Waals surface area contributed by atoms with Crippen LogP contribution in [0.4, 0.5) is 21.9 Å². The third-order valence-electron chi connectivity index (χ3n) is 6.12. The van der Waals surface area contributed by atoms with Crippen LogP contribution in [0.2, 0.25) is 0 Å². The first kappa shape index (κ1) is 30.7. The van der Waals surface area contributed by atoms with Crippen molar-refractivity contribution >= 4 is 39.3 Å². The number of carbonyl (C=O) groups is 2. The van der Waals surface area contributed by atoms with Crippen LogP contribution in [0, 0.1) is 19.3 Å². The first-order valence-electron chi connectivity index (χ1n) is 12.7. The fourth-order valence-electron chi connectivity index (χ4n) is 4.45. The summed E-state index contributed by atoms with van der Waals surface area (Å²) in [6.07, 6.45) is 0.572. The number of carbonyl (C=O) groups excluding carboxylic acids is 2. The van der Waals surface area contributed by atoms with Crippen molar-refractivity contribution < 1.29 is 27.5 Å². The number of methoxy groups -OCH3 is 1. The average Bonchev–Trinajstić information content (AvgIpc) is 3.08. The molecule has 0 radical (unpaired) electrons. The summed E-state index contributed by atoms with van der Waals surface area (Å²) in [5.74, 6) is -0.103. The van der Waals surface area contributed by atoms with Gasteiger partial charge in [0.05, 0.1) is 17.1 Å². The number of ether oxygens (including phenoxy) is 2. The van der Waals surface area contributed by atoms with Crippen LogP contribution in [0.1, 0.15) is 83.9 Å². The molecule has 210 valence electrons. The van der Waals surface area contributed by atoms with E-state index in [1.165, 1.54) is 0 Å². The van der Waals surface area contributed by atoms with E-state index in [1.807, 2.05) is 32.4 Å². The zero-order valence-corrected chi connectivity index (χ0v) is 24.7. The van der Waals surface area contributed by atoms with Gasteiger partial charge < -0.3 is 19.7 Å². The monoisotopic (exact) mass is 540 g/mol. The van der Waals surface area contributed by atoms with Gasteiger partial charge in [0.25, 0.3) is 0 Å². The van der Waals surface area contributed by atoms with E-state index in [1.54, 1.807) is 34.8 Å². The van der Waals surface area contributed by atoms with E-state index < -0.39 is 27.3 Å². The molecule has 0 fully saturated rings. The number of anilines is 3. The lowest BCUT2D eigenvalue weighted by atomic mass is 9.89. The average molecular weight is 541 g/mol. The zero-order chi connectivity index (χ0) is 28.3. The van der Waals surface area contributed by atoms with Gasteiger partial charge in [-0.15, -0.1) is 0 Å². The summed E-state index contributed by atoms with van der Waals surface area (Å²) in [6.45, 7) is 18.2. The van der Waals surface area contributed by atoms with Crippen molar-refractivity contribution in [3.8, 4) is 0 Å². The van der Waals surface area contributed by atoms with Crippen LogP contribution in [0.5, 0.6) is 0 Å². The minimum atomic E-state index is -4.33. The Kier molecular flexibility index (Phi) is 9.51. The molecule has 0 aromatic heterocycles. The topological polar surface area (TPSA) is 126 Å². The molecule has 0 spiro atoms. The molecule has 1 aliphatic rings. The first-order chi connectivity index (χ1) is 16.9. The van der Waals surface area contributed by atoms with E-state index in [0.29, 0.717) is 23.5 Å². The van der Waals surface area contributed by atoms with E-state index in [0.717, 1.165) is 42.7 Å². The predicted octanol–water partition coefficient (Wildman–Crippen LogP) is 4.82. The lowest BCUT2D eigenvalue weighted by Gasteiger charge is -2.28.